The molecule has 104 valence electrons. The molecule has 1 heterocycles. The molecule has 2 aromatic carbocycles. The van der Waals surface area contributed by atoms with Crippen LogP contribution in [0.1, 0.15) is 0 Å². The van der Waals surface area contributed by atoms with Crippen LogP contribution in [-0.2, 0) is 0 Å². The molecule has 0 atom stereocenters. The lowest BCUT2D eigenvalue weighted by atomic mass is 10.0. The SMILES string of the molecule is Fc1ccccc1-c1cnc(-c2ccccc2F)c(Cl)c1. The Balaban J connectivity index is 2.09. The average Bonchev–Trinajstić information content (AvgIpc) is 2.49. The molecule has 0 bridgehead atoms. The maximum absolute atomic E-state index is 13.8. The van der Waals surface area contributed by atoms with Crippen molar-refractivity contribution in [1.29, 1.82) is 0 Å². The maximum Gasteiger partial charge on any atom is 0.132 e. The van der Waals surface area contributed by atoms with E-state index in [1.807, 2.05) is 0 Å². The van der Waals surface area contributed by atoms with Crippen molar-refractivity contribution in [2.24, 2.45) is 0 Å². The molecule has 21 heavy (non-hydrogen) atoms. The number of rotatable bonds is 2. The average molecular weight is 302 g/mol. The van der Waals surface area contributed by atoms with Gasteiger partial charge in [0.1, 0.15) is 11.6 Å². The highest BCUT2D eigenvalue weighted by Crippen LogP contribution is 2.32. The van der Waals surface area contributed by atoms with E-state index in [1.54, 1.807) is 42.5 Å². The fourth-order valence-electron chi connectivity index (χ4n) is 2.13. The van der Waals surface area contributed by atoms with Gasteiger partial charge in [-0.1, -0.05) is 41.9 Å². The summed E-state index contributed by atoms with van der Waals surface area (Å²) in [5.74, 6) is -0.750. The summed E-state index contributed by atoms with van der Waals surface area (Å²) in [7, 11) is 0. The van der Waals surface area contributed by atoms with Crippen LogP contribution < -0.4 is 0 Å². The maximum atomic E-state index is 13.8. The number of nitrogens with zero attached hydrogens (tertiary/aromatic N) is 1. The number of benzene rings is 2. The summed E-state index contributed by atoms with van der Waals surface area (Å²) < 4.78 is 27.5. The summed E-state index contributed by atoms with van der Waals surface area (Å²) in [5, 5.41) is 0.279. The summed E-state index contributed by atoms with van der Waals surface area (Å²) in [5.41, 5.74) is 1.63. The lowest BCUT2D eigenvalue weighted by Crippen LogP contribution is -1.91. The normalized spacial score (nSPS) is 10.6. The molecule has 3 rings (SSSR count). The minimum atomic E-state index is -0.398. The Morgan fingerprint density at radius 2 is 1.38 bits per heavy atom. The molecule has 0 aliphatic heterocycles. The van der Waals surface area contributed by atoms with Crippen LogP contribution in [0.5, 0.6) is 0 Å². The zero-order chi connectivity index (χ0) is 14.8. The summed E-state index contributed by atoms with van der Waals surface area (Å²) in [4.78, 5) is 4.19. The van der Waals surface area contributed by atoms with Crippen LogP contribution in [-0.4, -0.2) is 4.98 Å². The van der Waals surface area contributed by atoms with Gasteiger partial charge in [0.05, 0.1) is 10.7 Å². The molecule has 4 heteroatoms. The first-order valence-electron chi connectivity index (χ1n) is 6.32. The van der Waals surface area contributed by atoms with Gasteiger partial charge in [-0.3, -0.25) is 4.98 Å². The first-order chi connectivity index (χ1) is 10.2. The Morgan fingerprint density at radius 1 is 0.810 bits per heavy atom. The predicted octanol–water partition coefficient (Wildman–Crippen LogP) is 5.35. The lowest BCUT2D eigenvalue weighted by molar-refractivity contribution is 0.630. The Hall–Kier alpha value is -2.26. The van der Waals surface area contributed by atoms with Gasteiger partial charge in [-0.05, 0) is 24.3 Å². The van der Waals surface area contributed by atoms with Crippen LogP contribution in [0.4, 0.5) is 8.78 Å². The van der Waals surface area contributed by atoms with Crippen molar-refractivity contribution < 1.29 is 8.78 Å². The molecular formula is C17H10ClF2N. The van der Waals surface area contributed by atoms with Crippen LogP contribution in [0, 0.1) is 11.6 Å². The van der Waals surface area contributed by atoms with E-state index >= 15 is 0 Å². The Kier molecular flexibility index (Phi) is 3.67. The van der Waals surface area contributed by atoms with E-state index < -0.39 is 5.82 Å². The molecule has 0 N–H and O–H groups in total. The van der Waals surface area contributed by atoms with Crippen LogP contribution in [0.15, 0.2) is 60.8 Å². The second kappa shape index (κ2) is 5.62. The zero-order valence-corrected chi connectivity index (χ0v) is 11.6. The Bertz CT molecular complexity index is 802. The summed E-state index contributed by atoms with van der Waals surface area (Å²) >= 11 is 6.19. The monoisotopic (exact) mass is 301 g/mol. The van der Waals surface area contributed by atoms with E-state index in [0.717, 1.165) is 0 Å². The molecule has 1 nitrogen and oxygen atoms in total. The van der Waals surface area contributed by atoms with E-state index in [-0.39, 0.29) is 10.8 Å². The van der Waals surface area contributed by atoms with Gasteiger partial charge in [0.25, 0.3) is 0 Å². The highest BCUT2D eigenvalue weighted by atomic mass is 35.5. The molecule has 0 saturated carbocycles. The molecule has 0 amide bonds. The van der Waals surface area contributed by atoms with E-state index in [1.165, 1.54) is 18.3 Å². The molecule has 1 aromatic heterocycles. The van der Waals surface area contributed by atoms with Crippen molar-refractivity contribution in [3.63, 3.8) is 0 Å². The smallest absolute Gasteiger partial charge is 0.132 e. The molecule has 0 aliphatic rings. The Morgan fingerprint density at radius 3 is 1.95 bits per heavy atom. The fraction of sp³-hybridized carbons (Fsp3) is 0. The number of halogens is 3. The minimum Gasteiger partial charge on any atom is -0.254 e. The first kappa shape index (κ1) is 13.7. The van der Waals surface area contributed by atoms with Crippen LogP contribution in [0.25, 0.3) is 22.4 Å². The Labute approximate surface area is 125 Å². The largest absolute Gasteiger partial charge is 0.254 e. The van der Waals surface area contributed by atoms with Crippen molar-refractivity contribution in [3.05, 3.63) is 77.5 Å². The highest BCUT2D eigenvalue weighted by Gasteiger charge is 2.12. The van der Waals surface area contributed by atoms with Crippen LogP contribution in [0.2, 0.25) is 5.02 Å². The quantitative estimate of drug-likeness (QED) is 0.622. The second-order valence-corrected chi connectivity index (χ2v) is 4.92. The van der Waals surface area contributed by atoms with Crippen LogP contribution >= 0.6 is 11.6 Å². The summed E-state index contributed by atoms with van der Waals surface area (Å²) in [6.07, 6.45) is 1.49. The van der Waals surface area contributed by atoms with Crippen LogP contribution in [0.3, 0.4) is 0 Å². The van der Waals surface area contributed by atoms with Crippen molar-refractivity contribution in [3.8, 4) is 22.4 Å². The van der Waals surface area contributed by atoms with Crippen molar-refractivity contribution in [2.45, 2.75) is 0 Å². The van der Waals surface area contributed by atoms with Crippen molar-refractivity contribution >= 4 is 11.6 Å². The number of aromatic nitrogens is 1. The summed E-state index contributed by atoms with van der Waals surface area (Å²) in [6, 6.07) is 14.2. The van der Waals surface area contributed by atoms with Crippen molar-refractivity contribution in [1.82, 2.24) is 4.98 Å². The first-order valence-corrected chi connectivity index (χ1v) is 6.70. The topological polar surface area (TPSA) is 12.9 Å². The minimum absolute atomic E-state index is 0.279. The number of hydrogen-bond acceptors (Lipinski definition) is 1. The molecular weight excluding hydrogens is 292 g/mol. The van der Waals surface area contributed by atoms with E-state index in [0.29, 0.717) is 22.4 Å². The molecule has 0 saturated heterocycles. The number of pyridine rings is 1. The van der Waals surface area contributed by atoms with Gasteiger partial charge >= 0.3 is 0 Å². The second-order valence-electron chi connectivity index (χ2n) is 4.51. The third-order valence-corrected chi connectivity index (χ3v) is 3.44. The zero-order valence-electron chi connectivity index (χ0n) is 10.9. The van der Waals surface area contributed by atoms with Gasteiger partial charge in [-0.25, -0.2) is 8.78 Å². The van der Waals surface area contributed by atoms with Gasteiger partial charge in [0.2, 0.25) is 0 Å². The van der Waals surface area contributed by atoms with E-state index in [2.05, 4.69) is 4.98 Å². The van der Waals surface area contributed by atoms with Gasteiger partial charge in [-0.2, -0.15) is 0 Å². The van der Waals surface area contributed by atoms with Gasteiger partial charge in [0, 0.05) is 22.9 Å². The predicted molar refractivity (Wildman–Crippen MR) is 80.0 cm³/mol. The fourth-order valence-corrected chi connectivity index (χ4v) is 2.40. The molecule has 0 radical (unpaired) electrons. The highest BCUT2D eigenvalue weighted by molar-refractivity contribution is 6.33. The molecule has 0 unspecified atom stereocenters. The summed E-state index contributed by atoms with van der Waals surface area (Å²) in [6.45, 7) is 0. The van der Waals surface area contributed by atoms with Gasteiger partial charge in [0.15, 0.2) is 0 Å². The third-order valence-electron chi connectivity index (χ3n) is 3.16. The van der Waals surface area contributed by atoms with E-state index in [9.17, 15) is 8.78 Å². The lowest BCUT2D eigenvalue weighted by Gasteiger charge is -2.08. The molecule has 0 aliphatic carbocycles. The third kappa shape index (κ3) is 2.65. The molecule has 0 spiro atoms. The molecule has 3 aromatic rings. The van der Waals surface area contributed by atoms with E-state index in [4.69, 9.17) is 11.6 Å². The van der Waals surface area contributed by atoms with Crippen molar-refractivity contribution in [2.75, 3.05) is 0 Å². The van der Waals surface area contributed by atoms with Gasteiger partial charge < -0.3 is 0 Å². The number of hydrogen-bond donors (Lipinski definition) is 0. The van der Waals surface area contributed by atoms with Gasteiger partial charge in [-0.15, -0.1) is 0 Å². The standard InChI is InChI=1S/C17H10ClF2N/c18-14-9-11(12-5-1-3-7-15(12)19)10-21-17(14)13-6-2-4-8-16(13)20/h1-10H. The molecule has 0 fully saturated rings.